The molecule has 1 amide bonds. The largest absolute Gasteiger partial charge is 0.352 e. The van der Waals surface area contributed by atoms with E-state index in [2.05, 4.69) is 36.6 Å². The smallest absolute Gasteiger partial charge is 0.224 e. The summed E-state index contributed by atoms with van der Waals surface area (Å²) in [6.07, 6.45) is 1.95. The van der Waals surface area contributed by atoms with Crippen LogP contribution in [-0.4, -0.2) is 18.5 Å². The van der Waals surface area contributed by atoms with Gasteiger partial charge in [0.25, 0.3) is 0 Å². The maximum absolute atomic E-state index is 12.1. The van der Waals surface area contributed by atoms with Crippen molar-refractivity contribution in [1.82, 2.24) is 10.6 Å². The van der Waals surface area contributed by atoms with E-state index in [1.54, 1.807) is 0 Å². The topological polar surface area (TPSA) is 41.1 Å². The number of aryl methyl sites for hydroxylation is 1. The van der Waals surface area contributed by atoms with E-state index < -0.39 is 0 Å². The fraction of sp³-hybridized carbons (Fsp3) is 0.533. The molecule has 98 valence electrons. The maximum Gasteiger partial charge on any atom is 0.224 e. The zero-order valence-electron chi connectivity index (χ0n) is 11.2. The second kappa shape index (κ2) is 6.01. The molecule has 1 heterocycles. The van der Waals surface area contributed by atoms with Gasteiger partial charge >= 0.3 is 0 Å². The Hall–Kier alpha value is -1.35. The van der Waals surface area contributed by atoms with Crippen molar-refractivity contribution in [3.05, 3.63) is 35.4 Å². The van der Waals surface area contributed by atoms with E-state index in [0.717, 1.165) is 19.4 Å². The van der Waals surface area contributed by atoms with Gasteiger partial charge in [-0.25, -0.2) is 0 Å². The fourth-order valence-electron chi connectivity index (χ4n) is 2.61. The molecule has 1 aliphatic heterocycles. The standard InChI is InChI=1S/C15H22N2O/c1-3-12-6-4-5-7-13(12)10-17-15(18)14-8-9-16-11(14)2/h4-7,11,14,16H,3,8-10H2,1-2H3,(H,17,18). The molecule has 2 unspecified atom stereocenters. The van der Waals surface area contributed by atoms with Crippen LogP contribution in [0.1, 0.15) is 31.4 Å². The van der Waals surface area contributed by atoms with E-state index in [4.69, 9.17) is 0 Å². The normalized spacial score (nSPS) is 23.0. The molecule has 0 saturated carbocycles. The van der Waals surface area contributed by atoms with Crippen LogP contribution in [0.3, 0.4) is 0 Å². The zero-order chi connectivity index (χ0) is 13.0. The quantitative estimate of drug-likeness (QED) is 0.851. The Balaban J connectivity index is 1.93. The lowest BCUT2D eigenvalue weighted by molar-refractivity contribution is -0.125. The summed E-state index contributed by atoms with van der Waals surface area (Å²) in [7, 11) is 0. The molecule has 3 nitrogen and oxygen atoms in total. The maximum atomic E-state index is 12.1. The molecule has 2 atom stereocenters. The lowest BCUT2D eigenvalue weighted by Crippen LogP contribution is -2.36. The number of benzene rings is 1. The number of rotatable bonds is 4. The molecule has 18 heavy (non-hydrogen) atoms. The number of hydrogen-bond donors (Lipinski definition) is 2. The molecule has 1 aliphatic rings. The van der Waals surface area contributed by atoms with Gasteiger partial charge in [-0.05, 0) is 37.4 Å². The van der Waals surface area contributed by atoms with Gasteiger partial charge in [-0.15, -0.1) is 0 Å². The number of nitrogens with one attached hydrogen (secondary N) is 2. The van der Waals surface area contributed by atoms with Gasteiger partial charge < -0.3 is 10.6 Å². The van der Waals surface area contributed by atoms with Crippen molar-refractivity contribution in [2.24, 2.45) is 5.92 Å². The highest BCUT2D eigenvalue weighted by atomic mass is 16.1. The van der Waals surface area contributed by atoms with Crippen molar-refractivity contribution in [3.8, 4) is 0 Å². The molecule has 1 aromatic carbocycles. The van der Waals surface area contributed by atoms with E-state index in [1.807, 2.05) is 12.1 Å². The molecule has 2 N–H and O–H groups in total. The minimum atomic E-state index is 0.124. The number of hydrogen-bond acceptors (Lipinski definition) is 2. The van der Waals surface area contributed by atoms with Crippen molar-refractivity contribution in [1.29, 1.82) is 0 Å². The Kier molecular flexibility index (Phi) is 4.37. The third-order valence-corrected chi connectivity index (χ3v) is 3.81. The highest BCUT2D eigenvalue weighted by molar-refractivity contribution is 5.79. The van der Waals surface area contributed by atoms with Crippen LogP contribution < -0.4 is 10.6 Å². The third kappa shape index (κ3) is 2.91. The van der Waals surface area contributed by atoms with E-state index in [9.17, 15) is 4.79 Å². The van der Waals surface area contributed by atoms with Crippen molar-refractivity contribution in [2.45, 2.75) is 39.3 Å². The minimum Gasteiger partial charge on any atom is -0.352 e. The Morgan fingerprint density at radius 1 is 1.39 bits per heavy atom. The van der Waals surface area contributed by atoms with Crippen LogP contribution in [0.2, 0.25) is 0 Å². The molecule has 3 heteroatoms. The first-order chi connectivity index (χ1) is 8.72. The summed E-state index contributed by atoms with van der Waals surface area (Å²) >= 11 is 0. The first-order valence-electron chi connectivity index (χ1n) is 6.80. The second-order valence-electron chi connectivity index (χ2n) is 4.98. The summed E-state index contributed by atoms with van der Waals surface area (Å²) in [5, 5.41) is 6.38. The van der Waals surface area contributed by atoms with E-state index in [-0.39, 0.29) is 11.8 Å². The number of carbonyl (C=O) groups excluding carboxylic acids is 1. The van der Waals surface area contributed by atoms with Crippen LogP contribution in [0.15, 0.2) is 24.3 Å². The molecule has 1 aromatic rings. The number of carbonyl (C=O) groups is 1. The SMILES string of the molecule is CCc1ccccc1CNC(=O)C1CCNC1C. The monoisotopic (exact) mass is 246 g/mol. The first-order valence-corrected chi connectivity index (χ1v) is 6.80. The van der Waals surface area contributed by atoms with Gasteiger partial charge in [-0.2, -0.15) is 0 Å². The van der Waals surface area contributed by atoms with Crippen LogP contribution in [0.25, 0.3) is 0 Å². The Morgan fingerprint density at radius 3 is 2.72 bits per heavy atom. The molecule has 0 radical (unpaired) electrons. The summed E-state index contributed by atoms with van der Waals surface area (Å²) in [4.78, 5) is 12.1. The van der Waals surface area contributed by atoms with E-state index in [1.165, 1.54) is 11.1 Å². The highest BCUT2D eigenvalue weighted by Gasteiger charge is 2.28. The average molecular weight is 246 g/mol. The molecule has 1 fully saturated rings. The highest BCUT2D eigenvalue weighted by Crippen LogP contribution is 2.16. The Morgan fingerprint density at radius 2 is 2.11 bits per heavy atom. The van der Waals surface area contributed by atoms with Gasteiger partial charge in [0.1, 0.15) is 0 Å². The molecule has 1 saturated heterocycles. The van der Waals surface area contributed by atoms with Crippen molar-refractivity contribution >= 4 is 5.91 Å². The summed E-state index contributed by atoms with van der Waals surface area (Å²) in [5.41, 5.74) is 2.54. The van der Waals surface area contributed by atoms with Crippen molar-refractivity contribution in [2.75, 3.05) is 6.54 Å². The van der Waals surface area contributed by atoms with E-state index >= 15 is 0 Å². The van der Waals surface area contributed by atoms with Crippen LogP contribution in [0, 0.1) is 5.92 Å². The zero-order valence-corrected chi connectivity index (χ0v) is 11.2. The van der Waals surface area contributed by atoms with Crippen LogP contribution in [0.5, 0.6) is 0 Å². The lowest BCUT2D eigenvalue weighted by Gasteiger charge is -2.16. The van der Waals surface area contributed by atoms with Gasteiger partial charge in [0.2, 0.25) is 5.91 Å². The van der Waals surface area contributed by atoms with Gasteiger partial charge in [0.15, 0.2) is 0 Å². The predicted molar refractivity (Wildman–Crippen MR) is 73.2 cm³/mol. The van der Waals surface area contributed by atoms with Crippen LogP contribution >= 0.6 is 0 Å². The Labute approximate surface area is 109 Å². The molecule has 2 rings (SSSR count). The predicted octanol–water partition coefficient (Wildman–Crippen LogP) is 1.86. The van der Waals surface area contributed by atoms with Crippen molar-refractivity contribution < 1.29 is 4.79 Å². The summed E-state index contributed by atoms with van der Waals surface area (Å²) in [6.45, 7) is 5.82. The summed E-state index contributed by atoms with van der Waals surface area (Å²) < 4.78 is 0. The van der Waals surface area contributed by atoms with Crippen LogP contribution in [0.4, 0.5) is 0 Å². The molecular weight excluding hydrogens is 224 g/mol. The molecule has 0 bridgehead atoms. The van der Waals surface area contributed by atoms with Gasteiger partial charge in [0.05, 0.1) is 5.92 Å². The number of amides is 1. The average Bonchev–Trinajstić information content (AvgIpc) is 2.82. The second-order valence-corrected chi connectivity index (χ2v) is 4.98. The van der Waals surface area contributed by atoms with Gasteiger partial charge in [0, 0.05) is 12.6 Å². The van der Waals surface area contributed by atoms with Gasteiger partial charge in [-0.3, -0.25) is 4.79 Å². The first kappa shape index (κ1) is 13.1. The summed E-state index contributed by atoms with van der Waals surface area (Å²) in [6, 6.07) is 8.59. The Bertz CT molecular complexity index is 417. The van der Waals surface area contributed by atoms with Crippen molar-refractivity contribution in [3.63, 3.8) is 0 Å². The van der Waals surface area contributed by atoms with Crippen LogP contribution in [-0.2, 0) is 17.8 Å². The van der Waals surface area contributed by atoms with Gasteiger partial charge in [-0.1, -0.05) is 31.2 Å². The lowest BCUT2D eigenvalue weighted by atomic mass is 10.0. The van der Waals surface area contributed by atoms with E-state index in [0.29, 0.717) is 12.6 Å². The summed E-state index contributed by atoms with van der Waals surface area (Å²) in [5.74, 6) is 0.303. The fourth-order valence-corrected chi connectivity index (χ4v) is 2.61. The third-order valence-electron chi connectivity index (χ3n) is 3.81. The molecule has 0 spiro atoms. The minimum absolute atomic E-state index is 0.124. The molecule has 0 aliphatic carbocycles. The molecule has 0 aromatic heterocycles. The molecular formula is C15H22N2O.